The number of hydrogen-bond acceptors (Lipinski definition) is 3. The average Bonchev–Trinajstić information content (AvgIpc) is 2.66. The summed E-state index contributed by atoms with van der Waals surface area (Å²) >= 11 is 0. The van der Waals surface area contributed by atoms with Crippen molar-refractivity contribution >= 4 is 11.8 Å². The van der Waals surface area contributed by atoms with Crippen LogP contribution in [0.15, 0.2) is 18.2 Å². The summed E-state index contributed by atoms with van der Waals surface area (Å²) in [6.07, 6.45) is 10.1. The van der Waals surface area contributed by atoms with Gasteiger partial charge in [-0.05, 0) is 98.8 Å². The summed E-state index contributed by atoms with van der Waals surface area (Å²) in [6.45, 7) is 0. The molecule has 4 saturated carbocycles. The Bertz CT molecular complexity index is 752. The van der Waals surface area contributed by atoms with Gasteiger partial charge in [0.1, 0.15) is 0 Å². The highest BCUT2D eigenvalue weighted by Gasteiger charge is 2.54. The number of fused-ring (bicyclic) bond motifs is 1. The molecule has 27 heavy (non-hydrogen) atoms. The average molecular weight is 368 g/mol. The minimum Gasteiger partial charge on any atom is -0.349 e. The van der Waals surface area contributed by atoms with E-state index in [2.05, 4.69) is 5.32 Å². The fourth-order valence-corrected chi connectivity index (χ4v) is 6.87. The SMILES string of the molecule is O=C(NO)c1ccc2c(c1)CCCC2NC(=O)C12CC3CC(CC(C3)C1)C2. The van der Waals surface area contributed by atoms with E-state index in [-0.39, 0.29) is 17.4 Å². The van der Waals surface area contributed by atoms with Crippen molar-refractivity contribution < 1.29 is 14.8 Å². The van der Waals surface area contributed by atoms with Crippen LogP contribution in [-0.4, -0.2) is 17.0 Å². The van der Waals surface area contributed by atoms with Crippen LogP contribution in [0.25, 0.3) is 0 Å². The number of carbonyl (C=O) groups is 2. The standard InChI is InChI=1S/C22H28N2O3/c25-20(24-27)17-4-5-18-16(9-17)2-1-3-19(18)23-21(26)22-10-13-6-14(11-22)8-15(7-13)12-22/h4-5,9,13-15,19,27H,1-3,6-8,10-12H2,(H,23,26)(H,24,25). The fraction of sp³-hybridized carbons (Fsp3) is 0.636. The molecule has 0 spiro atoms. The lowest BCUT2D eigenvalue weighted by atomic mass is 9.49. The first-order chi connectivity index (χ1) is 13.1. The van der Waals surface area contributed by atoms with E-state index in [4.69, 9.17) is 5.21 Å². The largest absolute Gasteiger partial charge is 0.349 e. The van der Waals surface area contributed by atoms with Gasteiger partial charge in [-0.3, -0.25) is 14.8 Å². The minimum atomic E-state index is -0.488. The van der Waals surface area contributed by atoms with Crippen molar-refractivity contribution in [1.29, 1.82) is 0 Å². The summed E-state index contributed by atoms with van der Waals surface area (Å²) in [5.74, 6) is 2.08. The van der Waals surface area contributed by atoms with Gasteiger partial charge in [0.25, 0.3) is 5.91 Å². The summed E-state index contributed by atoms with van der Waals surface area (Å²) in [4.78, 5) is 25.1. The fourth-order valence-electron chi connectivity index (χ4n) is 6.87. The zero-order valence-electron chi connectivity index (χ0n) is 15.7. The van der Waals surface area contributed by atoms with E-state index in [9.17, 15) is 9.59 Å². The molecule has 5 nitrogen and oxygen atoms in total. The number of hydrogen-bond donors (Lipinski definition) is 3. The summed E-state index contributed by atoms with van der Waals surface area (Å²) in [7, 11) is 0. The van der Waals surface area contributed by atoms with Crippen molar-refractivity contribution in [3.8, 4) is 0 Å². The number of nitrogens with one attached hydrogen (secondary N) is 2. The van der Waals surface area contributed by atoms with Crippen LogP contribution >= 0.6 is 0 Å². The Balaban J connectivity index is 1.36. The molecule has 4 fully saturated rings. The third-order valence-corrected chi connectivity index (χ3v) is 7.65. The van der Waals surface area contributed by atoms with Crippen LogP contribution in [0.4, 0.5) is 0 Å². The van der Waals surface area contributed by atoms with Crippen LogP contribution in [0, 0.1) is 23.2 Å². The van der Waals surface area contributed by atoms with Crippen molar-refractivity contribution in [2.45, 2.75) is 63.8 Å². The van der Waals surface area contributed by atoms with Gasteiger partial charge in [0.2, 0.25) is 5.91 Å². The summed E-state index contributed by atoms with van der Waals surface area (Å²) in [6, 6.07) is 5.58. The van der Waals surface area contributed by atoms with Crippen LogP contribution in [0.1, 0.15) is 78.9 Å². The van der Waals surface area contributed by atoms with Gasteiger partial charge in [0.15, 0.2) is 0 Å². The van der Waals surface area contributed by atoms with E-state index in [1.54, 1.807) is 11.5 Å². The van der Waals surface area contributed by atoms with Gasteiger partial charge in [-0.1, -0.05) is 6.07 Å². The molecule has 1 atom stereocenters. The van der Waals surface area contributed by atoms with Crippen molar-refractivity contribution in [3.05, 3.63) is 34.9 Å². The summed E-state index contributed by atoms with van der Waals surface area (Å²) < 4.78 is 0. The van der Waals surface area contributed by atoms with E-state index in [0.29, 0.717) is 5.56 Å². The number of benzene rings is 1. The Kier molecular flexibility index (Phi) is 4.04. The Morgan fingerprint density at radius 2 is 1.70 bits per heavy atom. The van der Waals surface area contributed by atoms with Crippen LogP contribution < -0.4 is 10.8 Å². The van der Waals surface area contributed by atoms with Crippen molar-refractivity contribution in [1.82, 2.24) is 10.8 Å². The lowest BCUT2D eigenvalue weighted by molar-refractivity contribution is -0.147. The smallest absolute Gasteiger partial charge is 0.274 e. The van der Waals surface area contributed by atoms with Crippen LogP contribution in [0.5, 0.6) is 0 Å². The summed E-state index contributed by atoms with van der Waals surface area (Å²) in [5, 5.41) is 12.3. The molecule has 3 N–H and O–H groups in total. The van der Waals surface area contributed by atoms with E-state index in [0.717, 1.165) is 67.4 Å². The Labute approximate surface area is 159 Å². The van der Waals surface area contributed by atoms with Crippen molar-refractivity contribution in [2.24, 2.45) is 23.2 Å². The maximum atomic E-state index is 13.4. The van der Waals surface area contributed by atoms with Gasteiger partial charge < -0.3 is 5.32 Å². The Hall–Kier alpha value is -1.88. The lowest BCUT2D eigenvalue weighted by Crippen LogP contribution is -2.54. The lowest BCUT2D eigenvalue weighted by Gasteiger charge is -2.56. The predicted octanol–water partition coefficient (Wildman–Crippen LogP) is 3.52. The van der Waals surface area contributed by atoms with E-state index in [1.165, 1.54) is 19.3 Å². The molecule has 5 aliphatic carbocycles. The van der Waals surface area contributed by atoms with Gasteiger partial charge in [-0.2, -0.15) is 0 Å². The molecule has 5 heteroatoms. The topological polar surface area (TPSA) is 78.4 Å². The number of amides is 2. The molecule has 144 valence electrons. The number of hydroxylamine groups is 1. The second-order valence-electron chi connectivity index (χ2n) is 9.47. The van der Waals surface area contributed by atoms with Gasteiger partial charge in [0.05, 0.1) is 6.04 Å². The second kappa shape index (κ2) is 6.33. The van der Waals surface area contributed by atoms with Gasteiger partial charge in [-0.15, -0.1) is 0 Å². The van der Waals surface area contributed by atoms with Crippen LogP contribution in [0.3, 0.4) is 0 Å². The first kappa shape index (κ1) is 17.2. The normalized spacial score (nSPS) is 36.2. The highest BCUT2D eigenvalue weighted by Crippen LogP contribution is 2.60. The monoisotopic (exact) mass is 368 g/mol. The molecule has 1 aromatic rings. The third-order valence-electron chi connectivity index (χ3n) is 7.65. The Morgan fingerprint density at radius 3 is 2.33 bits per heavy atom. The van der Waals surface area contributed by atoms with Gasteiger partial charge >= 0.3 is 0 Å². The first-order valence-electron chi connectivity index (χ1n) is 10.4. The maximum absolute atomic E-state index is 13.4. The van der Waals surface area contributed by atoms with E-state index < -0.39 is 5.91 Å². The quantitative estimate of drug-likeness (QED) is 0.564. The van der Waals surface area contributed by atoms with E-state index in [1.807, 2.05) is 12.1 Å². The molecule has 0 radical (unpaired) electrons. The van der Waals surface area contributed by atoms with Crippen molar-refractivity contribution in [3.63, 3.8) is 0 Å². The number of rotatable bonds is 3. The summed E-state index contributed by atoms with van der Waals surface area (Å²) in [5.41, 5.74) is 4.28. The third kappa shape index (κ3) is 2.87. The number of aryl methyl sites for hydroxylation is 1. The molecule has 1 unspecified atom stereocenters. The minimum absolute atomic E-state index is 0.0421. The highest BCUT2D eigenvalue weighted by atomic mass is 16.5. The maximum Gasteiger partial charge on any atom is 0.274 e. The molecule has 2 amide bonds. The molecule has 4 bridgehead atoms. The molecule has 0 aromatic heterocycles. The molecular formula is C22H28N2O3. The first-order valence-corrected chi connectivity index (χ1v) is 10.4. The zero-order valence-corrected chi connectivity index (χ0v) is 15.7. The second-order valence-corrected chi connectivity index (χ2v) is 9.47. The van der Waals surface area contributed by atoms with E-state index >= 15 is 0 Å². The molecule has 1 aromatic carbocycles. The Morgan fingerprint density at radius 1 is 1.04 bits per heavy atom. The van der Waals surface area contributed by atoms with Crippen LogP contribution in [-0.2, 0) is 11.2 Å². The molecule has 0 saturated heterocycles. The highest BCUT2D eigenvalue weighted by molar-refractivity contribution is 5.93. The molecule has 5 aliphatic rings. The molecule has 6 rings (SSSR count). The van der Waals surface area contributed by atoms with Gasteiger partial charge in [-0.25, -0.2) is 5.48 Å². The number of carbonyl (C=O) groups excluding carboxylic acids is 2. The predicted molar refractivity (Wildman–Crippen MR) is 100 cm³/mol. The van der Waals surface area contributed by atoms with Crippen LogP contribution in [0.2, 0.25) is 0 Å². The molecular weight excluding hydrogens is 340 g/mol. The zero-order chi connectivity index (χ0) is 18.6. The van der Waals surface area contributed by atoms with Crippen molar-refractivity contribution in [2.75, 3.05) is 0 Å². The van der Waals surface area contributed by atoms with Gasteiger partial charge in [0, 0.05) is 11.0 Å². The molecule has 0 heterocycles. The molecule has 0 aliphatic heterocycles.